The third kappa shape index (κ3) is 2.72. The van der Waals surface area contributed by atoms with Crippen molar-refractivity contribution in [2.24, 2.45) is 0 Å². The molecule has 0 unspecified atom stereocenters. The predicted octanol–water partition coefficient (Wildman–Crippen LogP) is 1.99. The quantitative estimate of drug-likeness (QED) is 0.821. The molecule has 23 heavy (non-hydrogen) atoms. The van der Waals surface area contributed by atoms with Crippen molar-refractivity contribution in [3.05, 3.63) is 35.9 Å². The van der Waals surface area contributed by atoms with E-state index in [4.69, 9.17) is 0 Å². The molecule has 6 heteroatoms. The fourth-order valence-electron chi connectivity index (χ4n) is 3.17. The van der Waals surface area contributed by atoms with Crippen LogP contribution in [-0.4, -0.2) is 20.9 Å². The van der Waals surface area contributed by atoms with E-state index in [9.17, 15) is 13.2 Å². The van der Waals surface area contributed by atoms with Crippen LogP contribution in [0.2, 0.25) is 0 Å². The van der Waals surface area contributed by atoms with E-state index in [-0.39, 0.29) is 5.91 Å². The van der Waals surface area contributed by atoms with Crippen LogP contribution in [0.4, 0.5) is 5.69 Å². The third-order valence-electron chi connectivity index (χ3n) is 4.35. The Morgan fingerprint density at radius 3 is 2.65 bits per heavy atom. The molecule has 1 aliphatic heterocycles. The van der Waals surface area contributed by atoms with Gasteiger partial charge in [0.25, 0.3) is 10.0 Å². The highest BCUT2D eigenvalue weighted by Crippen LogP contribution is 2.43. The van der Waals surface area contributed by atoms with Gasteiger partial charge in [0.15, 0.2) is 0 Å². The zero-order valence-electron chi connectivity index (χ0n) is 13.2. The van der Waals surface area contributed by atoms with Gasteiger partial charge in [0.2, 0.25) is 0 Å². The fraction of sp³-hybridized carbons (Fsp3) is 0.353. The van der Waals surface area contributed by atoms with Gasteiger partial charge in [0.1, 0.15) is 0 Å². The number of amides is 1. The Hall–Kier alpha value is -1.92. The number of rotatable bonds is 6. The van der Waals surface area contributed by atoms with Crippen LogP contribution in [0.5, 0.6) is 0 Å². The van der Waals surface area contributed by atoms with Gasteiger partial charge in [-0.3, -0.25) is 10.0 Å². The van der Waals surface area contributed by atoms with Crippen LogP contribution in [-0.2, 0) is 14.8 Å². The lowest BCUT2D eigenvalue weighted by atomic mass is 10.0. The maximum absolute atomic E-state index is 12.8. The maximum atomic E-state index is 12.8. The molecule has 0 aromatic heterocycles. The first kappa shape index (κ1) is 16.0. The molecular weight excluding hydrogens is 312 g/mol. The standard InChI is InChI=1S/C17H20N2O3S/c1-12-9-10-14-17-13(12)6-5-7-15(17)23(21,22)19(14)11-4-2-3-8-16(18)20/h5-7,9-10H,2-4,8,11H2,1H3,(H2,18,20)/p+1. The molecule has 5 nitrogen and oxygen atoms in total. The van der Waals surface area contributed by atoms with Crippen molar-refractivity contribution in [1.82, 2.24) is 0 Å². The molecule has 3 N–H and O–H groups in total. The number of benzene rings is 2. The molecule has 0 atom stereocenters. The number of carbonyl (C=O) groups is 1. The molecule has 1 heterocycles. The number of unbranched alkanes of at least 4 members (excludes halogenated alkanes) is 2. The number of hydrogen-bond donors (Lipinski definition) is 1. The number of sulfonamides is 1. The molecule has 0 spiro atoms. The topological polar surface area (TPSA) is 82.1 Å². The number of anilines is 1. The van der Waals surface area contributed by atoms with Crippen molar-refractivity contribution >= 4 is 32.4 Å². The monoisotopic (exact) mass is 333 g/mol. The fourth-order valence-corrected chi connectivity index (χ4v) is 4.91. The smallest absolute Gasteiger partial charge is 0.295 e. The summed E-state index contributed by atoms with van der Waals surface area (Å²) in [6, 6.07) is 9.32. The first-order valence-corrected chi connectivity index (χ1v) is 9.27. The second kappa shape index (κ2) is 5.94. The van der Waals surface area contributed by atoms with Crippen LogP contribution in [0.3, 0.4) is 0 Å². The SMILES string of the molecule is Cc1ccc2c3c(cccc13)S(=O)(=O)N2CCCCCC([NH3+])=O. The Balaban J connectivity index is 1.87. The lowest BCUT2D eigenvalue weighted by Crippen LogP contribution is -2.56. The minimum Gasteiger partial charge on any atom is -0.295 e. The van der Waals surface area contributed by atoms with Crippen LogP contribution in [0.25, 0.3) is 10.8 Å². The van der Waals surface area contributed by atoms with Gasteiger partial charge in [-0.05, 0) is 42.8 Å². The molecule has 0 bridgehead atoms. The molecule has 0 saturated carbocycles. The van der Waals surface area contributed by atoms with Gasteiger partial charge in [0.05, 0.1) is 17.0 Å². The van der Waals surface area contributed by atoms with Crippen LogP contribution in [0.15, 0.2) is 35.2 Å². The second-order valence-electron chi connectivity index (χ2n) is 6.01. The van der Waals surface area contributed by atoms with E-state index >= 15 is 0 Å². The van der Waals surface area contributed by atoms with Crippen molar-refractivity contribution < 1.29 is 18.9 Å². The molecule has 122 valence electrons. The van der Waals surface area contributed by atoms with E-state index in [1.165, 1.54) is 4.31 Å². The Morgan fingerprint density at radius 2 is 1.91 bits per heavy atom. The van der Waals surface area contributed by atoms with Crippen molar-refractivity contribution in [2.75, 3.05) is 10.8 Å². The lowest BCUT2D eigenvalue weighted by Gasteiger charge is -2.18. The molecule has 3 rings (SSSR count). The second-order valence-corrected chi connectivity index (χ2v) is 7.84. The van der Waals surface area contributed by atoms with Crippen molar-refractivity contribution in [1.29, 1.82) is 0 Å². The number of aryl methyl sites for hydroxylation is 1. The van der Waals surface area contributed by atoms with Gasteiger partial charge in [-0.2, -0.15) is 0 Å². The zero-order chi connectivity index (χ0) is 16.6. The summed E-state index contributed by atoms with van der Waals surface area (Å²) in [7, 11) is -3.46. The Morgan fingerprint density at radius 1 is 1.13 bits per heavy atom. The number of hydrogen-bond acceptors (Lipinski definition) is 3. The summed E-state index contributed by atoms with van der Waals surface area (Å²) in [6.07, 6.45) is 2.77. The summed E-state index contributed by atoms with van der Waals surface area (Å²) in [6.45, 7) is 2.44. The van der Waals surface area contributed by atoms with Crippen molar-refractivity contribution in [2.45, 2.75) is 37.5 Å². The highest BCUT2D eigenvalue weighted by molar-refractivity contribution is 7.93. The summed E-state index contributed by atoms with van der Waals surface area (Å²) < 4.78 is 27.1. The molecule has 0 fully saturated rings. The van der Waals surface area contributed by atoms with Crippen LogP contribution >= 0.6 is 0 Å². The number of nitrogens with zero attached hydrogens (tertiary/aromatic N) is 1. The van der Waals surface area contributed by atoms with Crippen molar-refractivity contribution in [3.8, 4) is 0 Å². The largest absolute Gasteiger partial charge is 0.308 e. The molecule has 0 aliphatic carbocycles. The van der Waals surface area contributed by atoms with Gasteiger partial charge in [0, 0.05) is 11.9 Å². The van der Waals surface area contributed by atoms with Crippen LogP contribution in [0, 0.1) is 6.92 Å². The highest BCUT2D eigenvalue weighted by Gasteiger charge is 2.35. The van der Waals surface area contributed by atoms with Crippen LogP contribution in [0.1, 0.15) is 31.2 Å². The van der Waals surface area contributed by atoms with Crippen LogP contribution < -0.4 is 10.0 Å². The van der Waals surface area contributed by atoms with E-state index in [1.807, 2.05) is 25.1 Å². The van der Waals surface area contributed by atoms with Crippen molar-refractivity contribution in [3.63, 3.8) is 0 Å². The van der Waals surface area contributed by atoms with E-state index in [0.29, 0.717) is 17.9 Å². The van der Waals surface area contributed by atoms with E-state index in [1.54, 1.807) is 12.1 Å². The summed E-state index contributed by atoms with van der Waals surface area (Å²) in [5.74, 6) is -0.0635. The number of carbonyl (C=O) groups excluding carboxylic acids is 1. The molecule has 1 aliphatic rings. The van der Waals surface area contributed by atoms with Gasteiger partial charge < -0.3 is 0 Å². The first-order chi connectivity index (χ1) is 10.9. The molecule has 0 saturated heterocycles. The van der Waals surface area contributed by atoms with E-state index in [0.717, 1.165) is 41.3 Å². The van der Waals surface area contributed by atoms with Gasteiger partial charge in [-0.15, -0.1) is 0 Å². The predicted molar refractivity (Wildman–Crippen MR) is 89.6 cm³/mol. The summed E-state index contributed by atoms with van der Waals surface area (Å²) in [5, 5.41) is 1.83. The third-order valence-corrected chi connectivity index (χ3v) is 6.21. The van der Waals surface area contributed by atoms with Gasteiger partial charge in [-0.25, -0.2) is 13.2 Å². The first-order valence-electron chi connectivity index (χ1n) is 7.83. The average Bonchev–Trinajstić information content (AvgIpc) is 2.72. The molecule has 1 amide bonds. The molecule has 0 radical (unpaired) electrons. The van der Waals surface area contributed by atoms with Gasteiger partial charge in [-0.1, -0.05) is 24.6 Å². The van der Waals surface area contributed by atoms with E-state index < -0.39 is 10.0 Å². The number of quaternary nitrogens is 1. The minimum absolute atomic E-state index is 0.0635. The normalized spacial score (nSPS) is 15.3. The summed E-state index contributed by atoms with van der Waals surface area (Å²) in [5.41, 5.74) is 5.21. The summed E-state index contributed by atoms with van der Waals surface area (Å²) >= 11 is 0. The van der Waals surface area contributed by atoms with Gasteiger partial charge >= 0.3 is 5.91 Å². The Bertz CT molecular complexity index is 875. The zero-order valence-corrected chi connectivity index (χ0v) is 14.0. The molecule has 2 aromatic carbocycles. The molecule has 2 aromatic rings. The Kier molecular flexibility index (Phi) is 4.12. The maximum Gasteiger partial charge on any atom is 0.308 e. The summed E-state index contributed by atoms with van der Waals surface area (Å²) in [4.78, 5) is 11.3. The lowest BCUT2D eigenvalue weighted by molar-refractivity contribution is -0.305. The van der Waals surface area contributed by atoms with E-state index in [2.05, 4.69) is 5.73 Å². The molecular formula is C17H21N2O3S+. The highest BCUT2D eigenvalue weighted by atomic mass is 32.2. The average molecular weight is 333 g/mol. The Labute approximate surface area is 136 Å². The minimum atomic E-state index is -3.46.